The van der Waals surface area contributed by atoms with E-state index in [1.54, 1.807) is 0 Å². The third kappa shape index (κ3) is 3.52. The Kier molecular flexibility index (Phi) is 5.53. The first kappa shape index (κ1) is 30.0. The zero-order chi connectivity index (χ0) is 37.0. The van der Waals surface area contributed by atoms with Gasteiger partial charge in [-0.25, -0.2) is 0 Å². The predicted octanol–water partition coefficient (Wildman–Crippen LogP) is 12.0. The van der Waals surface area contributed by atoms with Crippen LogP contribution in [0.1, 0.15) is 22.3 Å². The average molecular weight is 723 g/mol. The SMILES string of the molecule is c1ccc(C2(c3ccccc3)c3ccccc3N3c4cc5c(oc6ccccc65)c5c4B(c4cccc2c43)n2c3cc4ccccc4cc3c3cccc-5c32)cc1. The lowest BCUT2D eigenvalue weighted by molar-refractivity contribution is 0.670. The number of para-hydroxylation sites is 4. The topological polar surface area (TPSA) is 21.3 Å². The molecular formula is C53H31BN2O. The van der Waals surface area contributed by atoms with Gasteiger partial charge in [-0.1, -0.05) is 158 Å². The summed E-state index contributed by atoms with van der Waals surface area (Å²) < 4.78 is 9.66. The van der Waals surface area contributed by atoms with E-state index in [-0.39, 0.29) is 6.85 Å². The van der Waals surface area contributed by atoms with Crippen LogP contribution in [0.4, 0.5) is 17.1 Å². The van der Waals surface area contributed by atoms with Crippen LogP contribution in [0.3, 0.4) is 0 Å². The molecule has 0 unspecified atom stereocenters. The molecule has 0 fully saturated rings. The number of anilines is 3. The Morgan fingerprint density at radius 1 is 0.491 bits per heavy atom. The van der Waals surface area contributed by atoms with Gasteiger partial charge in [0.15, 0.2) is 0 Å². The highest BCUT2D eigenvalue weighted by molar-refractivity contribution is 6.90. The molecule has 3 nitrogen and oxygen atoms in total. The molecule has 0 aliphatic carbocycles. The van der Waals surface area contributed by atoms with E-state index < -0.39 is 5.41 Å². The van der Waals surface area contributed by atoms with E-state index >= 15 is 0 Å². The first-order valence-corrected chi connectivity index (χ1v) is 19.9. The van der Waals surface area contributed by atoms with Gasteiger partial charge in [0, 0.05) is 55.1 Å². The standard InChI is InChI=1S/C53H31BN2O/c1-3-17-34(18-4-1)53(35-19-5-2-6-20-35)41-24-10-11-27-44(41)55-46-31-40-36-21-9-12-28-47(36)57-52(40)48-38-23-13-22-37-39-29-32-15-7-8-16-33(32)30-45(39)56(50(37)38)54(49(46)48)43-26-14-25-42(53)51(43)55/h1-31H. The van der Waals surface area contributed by atoms with Gasteiger partial charge < -0.3 is 13.8 Å². The maximum atomic E-state index is 6.99. The molecule has 0 radical (unpaired) electrons. The maximum absolute atomic E-state index is 6.99. The van der Waals surface area contributed by atoms with Gasteiger partial charge in [0.1, 0.15) is 11.2 Å². The predicted molar refractivity (Wildman–Crippen MR) is 237 cm³/mol. The lowest BCUT2D eigenvalue weighted by atomic mass is 9.43. The molecule has 57 heavy (non-hydrogen) atoms. The molecule has 262 valence electrons. The van der Waals surface area contributed by atoms with Crippen molar-refractivity contribution < 1.29 is 4.42 Å². The van der Waals surface area contributed by atoms with Crippen molar-refractivity contribution >= 4 is 89.4 Å². The molecule has 9 aromatic carbocycles. The number of benzene rings is 9. The Labute approximate surface area is 328 Å². The van der Waals surface area contributed by atoms with Crippen molar-refractivity contribution in [1.29, 1.82) is 0 Å². The summed E-state index contributed by atoms with van der Waals surface area (Å²) in [7, 11) is 0. The second-order valence-corrected chi connectivity index (χ2v) is 15.9. The number of hydrogen-bond acceptors (Lipinski definition) is 2. The van der Waals surface area contributed by atoms with E-state index in [0.717, 1.165) is 21.9 Å². The van der Waals surface area contributed by atoms with Crippen molar-refractivity contribution in [2.45, 2.75) is 5.41 Å². The highest BCUT2D eigenvalue weighted by atomic mass is 16.3. The molecular weight excluding hydrogens is 691 g/mol. The molecule has 4 heteroatoms. The number of rotatable bonds is 2. The Hall–Kier alpha value is -7.30. The summed E-state index contributed by atoms with van der Waals surface area (Å²) >= 11 is 0. The molecule has 0 bridgehead atoms. The minimum Gasteiger partial charge on any atom is -0.455 e. The number of fused-ring (bicyclic) bond motifs is 14. The fourth-order valence-electron chi connectivity index (χ4n) is 11.3. The molecule has 3 aliphatic rings. The third-order valence-corrected chi connectivity index (χ3v) is 13.4. The van der Waals surface area contributed by atoms with E-state index in [1.165, 1.54) is 93.9 Å². The monoisotopic (exact) mass is 722 g/mol. The summed E-state index contributed by atoms with van der Waals surface area (Å²) in [5, 5.41) is 7.34. The van der Waals surface area contributed by atoms with Gasteiger partial charge in [-0.15, -0.1) is 0 Å². The van der Waals surface area contributed by atoms with E-state index in [4.69, 9.17) is 4.42 Å². The summed E-state index contributed by atoms with van der Waals surface area (Å²) in [5.41, 5.74) is 17.6. The van der Waals surface area contributed by atoms with Crippen molar-refractivity contribution in [3.63, 3.8) is 0 Å². The van der Waals surface area contributed by atoms with E-state index in [2.05, 4.69) is 197 Å². The quantitative estimate of drug-likeness (QED) is 0.166. The summed E-state index contributed by atoms with van der Waals surface area (Å²) in [5.74, 6) is 0. The smallest absolute Gasteiger partial charge is 0.333 e. The van der Waals surface area contributed by atoms with Crippen molar-refractivity contribution in [2.75, 3.05) is 4.90 Å². The third-order valence-electron chi connectivity index (χ3n) is 13.4. The highest BCUT2D eigenvalue weighted by Gasteiger charge is 2.52. The van der Waals surface area contributed by atoms with E-state index in [0.29, 0.717) is 0 Å². The second-order valence-electron chi connectivity index (χ2n) is 15.9. The van der Waals surface area contributed by atoms with Crippen LogP contribution in [0.25, 0.3) is 65.6 Å². The van der Waals surface area contributed by atoms with Crippen LogP contribution < -0.4 is 15.8 Å². The number of nitrogens with zero attached hydrogens (tertiary/aromatic N) is 2. The van der Waals surface area contributed by atoms with Crippen molar-refractivity contribution in [2.24, 2.45) is 0 Å². The number of furan rings is 1. The highest BCUT2D eigenvalue weighted by Crippen LogP contribution is 2.59. The Morgan fingerprint density at radius 3 is 1.98 bits per heavy atom. The van der Waals surface area contributed by atoms with Gasteiger partial charge in [-0.3, -0.25) is 0 Å². The van der Waals surface area contributed by atoms with Crippen LogP contribution in [0, 0.1) is 0 Å². The summed E-state index contributed by atoms with van der Waals surface area (Å²) in [4.78, 5) is 2.60. The number of aromatic nitrogens is 1. The van der Waals surface area contributed by atoms with Gasteiger partial charge in [-0.2, -0.15) is 0 Å². The molecule has 14 rings (SSSR count). The summed E-state index contributed by atoms with van der Waals surface area (Å²) in [6.07, 6.45) is 0. The molecule has 0 atom stereocenters. The van der Waals surface area contributed by atoms with Crippen LogP contribution in [0.15, 0.2) is 192 Å². The van der Waals surface area contributed by atoms with Gasteiger partial charge in [-0.05, 0) is 74.3 Å². The molecule has 5 heterocycles. The van der Waals surface area contributed by atoms with Crippen molar-refractivity contribution in [3.8, 4) is 11.1 Å². The minimum atomic E-state index is -0.565. The van der Waals surface area contributed by atoms with Crippen LogP contribution in [-0.4, -0.2) is 11.3 Å². The Bertz CT molecular complexity index is 3500. The van der Waals surface area contributed by atoms with Gasteiger partial charge in [0.05, 0.1) is 11.1 Å². The molecule has 0 spiro atoms. The number of hydrogen-bond donors (Lipinski definition) is 0. The van der Waals surface area contributed by atoms with Gasteiger partial charge in [0.2, 0.25) is 0 Å². The van der Waals surface area contributed by atoms with Crippen LogP contribution >= 0.6 is 0 Å². The molecule has 0 saturated heterocycles. The summed E-state index contributed by atoms with van der Waals surface area (Å²) in [6, 6.07) is 70.0. The lowest BCUT2D eigenvalue weighted by Gasteiger charge is -2.50. The second kappa shape index (κ2) is 10.5. The molecule has 11 aromatic rings. The average Bonchev–Trinajstić information content (AvgIpc) is 3.81. The zero-order valence-electron chi connectivity index (χ0n) is 30.8. The fraction of sp³-hybridized carbons (Fsp3) is 0.0189. The maximum Gasteiger partial charge on any atom is 0.333 e. The molecule has 0 saturated carbocycles. The first-order valence-electron chi connectivity index (χ1n) is 19.9. The fourth-order valence-corrected chi connectivity index (χ4v) is 11.3. The lowest BCUT2D eigenvalue weighted by Crippen LogP contribution is -2.58. The van der Waals surface area contributed by atoms with Crippen molar-refractivity contribution in [1.82, 2.24) is 4.48 Å². The van der Waals surface area contributed by atoms with E-state index in [1.807, 2.05) is 0 Å². The Balaban J connectivity index is 1.22. The van der Waals surface area contributed by atoms with Crippen LogP contribution in [0.5, 0.6) is 0 Å². The van der Waals surface area contributed by atoms with Gasteiger partial charge >= 0.3 is 6.85 Å². The molecule has 2 aromatic heterocycles. The first-order chi connectivity index (χ1) is 28.3. The normalized spacial score (nSPS) is 14.4. The molecule has 0 amide bonds. The minimum absolute atomic E-state index is 0.107. The van der Waals surface area contributed by atoms with Crippen LogP contribution in [0.2, 0.25) is 0 Å². The zero-order valence-corrected chi connectivity index (χ0v) is 30.8. The Morgan fingerprint density at radius 2 is 1.16 bits per heavy atom. The van der Waals surface area contributed by atoms with Gasteiger partial charge in [0.25, 0.3) is 0 Å². The van der Waals surface area contributed by atoms with Crippen LogP contribution in [-0.2, 0) is 5.41 Å². The summed E-state index contributed by atoms with van der Waals surface area (Å²) in [6.45, 7) is -0.107. The molecule has 0 N–H and O–H groups in total. The molecule has 3 aliphatic heterocycles. The van der Waals surface area contributed by atoms with E-state index in [9.17, 15) is 0 Å². The van der Waals surface area contributed by atoms with Crippen molar-refractivity contribution in [3.05, 3.63) is 210 Å². The largest absolute Gasteiger partial charge is 0.455 e.